The van der Waals surface area contributed by atoms with E-state index in [0.29, 0.717) is 6.61 Å². The molecule has 70 valence electrons. The van der Waals surface area contributed by atoms with Gasteiger partial charge in [-0.05, 0) is 17.5 Å². The maximum Gasteiger partial charge on any atom is 0.0845 e. The summed E-state index contributed by atoms with van der Waals surface area (Å²) < 4.78 is 4.93. The van der Waals surface area contributed by atoms with Crippen LogP contribution in [-0.2, 0) is 11.2 Å². The Labute approximate surface area is 78.2 Å². The number of fused-ring (bicyclic) bond motifs is 1. The zero-order valence-corrected chi connectivity index (χ0v) is 7.73. The lowest BCUT2D eigenvalue weighted by Crippen LogP contribution is -2.31. The molecule has 1 aromatic rings. The van der Waals surface area contributed by atoms with Crippen LogP contribution in [0.15, 0.2) is 24.3 Å². The van der Waals surface area contributed by atoms with Crippen LogP contribution in [0.5, 0.6) is 0 Å². The standard InChI is InChI=1S/C11H14O2/c1-13-7-11(12)10-6-8-4-2-3-5-9(8)10/h2-5,10-12H,6-7H2,1H3. The molecule has 2 nitrogen and oxygen atoms in total. The quantitative estimate of drug-likeness (QED) is 0.756. The summed E-state index contributed by atoms with van der Waals surface area (Å²) in [5, 5.41) is 9.69. The summed E-state index contributed by atoms with van der Waals surface area (Å²) in [6.45, 7) is 0.430. The van der Waals surface area contributed by atoms with Gasteiger partial charge >= 0.3 is 0 Å². The number of rotatable bonds is 3. The van der Waals surface area contributed by atoms with E-state index in [4.69, 9.17) is 4.74 Å². The zero-order valence-electron chi connectivity index (χ0n) is 7.73. The molecule has 1 aliphatic rings. The molecular weight excluding hydrogens is 164 g/mol. The lowest BCUT2D eigenvalue weighted by Gasteiger charge is -2.33. The van der Waals surface area contributed by atoms with Crippen molar-refractivity contribution in [1.82, 2.24) is 0 Å². The number of benzene rings is 1. The van der Waals surface area contributed by atoms with Gasteiger partial charge in [0.25, 0.3) is 0 Å². The van der Waals surface area contributed by atoms with Gasteiger partial charge < -0.3 is 9.84 Å². The summed E-state index contributed by atoms with van der Waals surface area (Å²) in [6, 6.07) is 8.26. The van der Waals surface area contributed by atoms with Crippen molar-refractivity contribution in [2.45, 2.75) is 18.4 Å². The first kappa shape index (κ1) is 8.73. The van der Waals surface area contributed by atoms with Gasteiger partial charge in [0.2, 0.25) is 0 Å². The van der Waals surface area contributed by atoms with Gasteiger partial charge in [-0.3, -0.25) is 0 Å². The lowest BCUT2D eigenvalue weighted by molar-refractivity contribution is 0.0413. The molecule has 0 spiro atoms. The Morgan fingerprint density at radius 1 is 1.54 bits per heavy atom. The molecule has 0 bridgehead atoms. The molecule has 0 heterocycles. The van der Waals surface area contributed by atoms with Crippen molar-refractivity contribution in [3.8, 4) is 0 Å². The Kier molecular flexibility index (Phi) is 2.34. The van der Waals surface area contributed by atoms with Gasteiger partial charge in [0.15, 0.2) is 0 Å². The highest BCUT2D eigenvalue weighted by Gasteiger charge is 2.31. The molecule has 0 fully saturated rings. The van der Waals surface area contributed by atoms with Gasteiger partial charge in [0.1, 0.15) is 0 Å². The molecule has 2 heteroatoms. The van der Waals surface area contributed by atoms with E-state index in [0.717, 1.165) is 6.42 Å². The van der Waals surface area contributed by atoms with Crippen LogP contribution in [0, 0.1) is 0 Å². The SMILES string of the molecule is COCC(O)C1Cc2ccccc21. The first-order valence-electron chi connectivity index (χ1n) is 4.57. The smallest absolute Gasteiger partial charge is 0.0845 e. The van der Waals surface area contributed by atoms with Gasteiger partial charge in [0, 0.05) is 13.0 Å². The van der Waals surface area contributed by atoms with Crippen LogP contribution in [0.4, 0.5) is 0 Å². The molecule has 2 rings (SSSR count). The lowest BCUT2D eigenvalue weighted by atomic mass is 9.75. The summed E-state index contributed by atoms with van der Waals surface area (Å²) in [5.74, 6) is 0.288. The van der Waals surface area contributed by atoms with Crippen LogP contribution in [0.3, 0.4) is 0 Å². The number of ether oxygens (including phenoxy) is 1. The van der Waals surface area contributed by atoms with E-state index in [1.807, 2.05) is 12.1 Å². The fraction of sp³-hybridized carbons (Fsp3) is 0.455. The summed E-state index contributed by atoms with van der Waals surface area (Å²) in [5.41, 5.74) is 2.65. The largest absolute Gasteiger partial charge is 0.390 e. The van der Waals surface area contributed by atoms with Crippen molar-refractivity contribution in [1.29, 1.82) is 0 Å². The predicted octanol–water partition coefficient (Wildman–Crippen LogP) is 1.33. The molecule has 0 amide bonds. The van der Waals surface area contributed by atoms with Gasteiger partial charge in [0.05, 0.1) is 12.7 Å². The minimum absolute atomic E-state index is 0.288. The van der Waals surface area contributed by atoms with Crippen molar-refractivity contribution >= 4 is 0 Å². The second-order valence-corrected chi connectivity index (χ2v) is 3.53. The third-order valence-electron chi connectivity index (χ3n) is 2.70. The minimum Gasteiger partial charge on any atom is -0.390 e. The molecule has 13 heavy (non-hydrogen) atoms. The normalized spacial score (nSPS) is 21.8. The number of methoxy groups -OCH3 is 1. The molecule has 2 atom stereocenters. The number of aliphatic hydroxyl groups is 1. The van der Waals surface area contributed by atoms with Crippen molar-refractivity contribution in [3.05, 3.63) is 35.4 Å². The number of hydrogen-bond acceptors (Lipinski definition) is 2. The second kappa shape index (κ2) is 3.48. The van der Waals surface area contributed by atoms with Crippen molar-refractivity contribution < 1.29 is 9.84 Å². The second-order valence-electron chi connectivity index (χ2n) is 3.53. The molecular formula is C11H14O2. The minimum atomic E-state index is -0.347. The number of aliphatic hydroxyl groups excluding tert-OH is 1. The van der Waals surface area contributed by atoms with Crippen LogP contribution >= 0.6 is 0 Å². The van der Waals surface area contributed by atoms with Gasteiger partial charge in [-0.2, -0.15) is 0 Å². The fourth-order valence-electron chi connectivity index (χ4n) is 1.93. The van der Waals surface area contributed by atoms with Crippen molar-refractivity contribution in [2.24, 2.45) is 0 Å². The molecule has 0 aliphatic heterocycles. The Morgan fingerprint density at radius 3 is 3.00 bits per heavy atom. The van der Waals surface area contributed by atoms with E-state index in [-0.39, 0.29) is 12.0 Å². The number of hydrogen-bond donors (Lipinski definition) is 1. The topological polar surface area (TPSA) is 29.5 Å². The Balaban J connectivity index is 2.08. The van der Waals surface area contributed by atoms with Gasteiger partial charge in [-0.1, -0.05) is 24.3 Å². The highest BCUT2D eigenvalue weighted by atomic mass is 16.5. The molecule has 0 radical (unpaired) electrons. The van der Waals surface area contributed by atoms with E-state index < -0.39 is 0 Å². The van der Waals surface area contributed by atoms with E-state index in [1.165, 1.54) is 11.1 Å². The zero-order chi connectivity index (χ0) is 9.26. The third-order valence-corrected chi connectivity index (χ3v) is 2.70. The van der Waals surface area contributed by atoms with Crippen LogP contribution in [0.1, 0.15) is 17.0 Å². The molecule has 0 saturated carbocycles. The molecule has 0 aromatic heterocycles. The Hall–Kier alpha value is -0.860. The van der Waals surface area contributed by atoms with Gasteiger partial charge in [-0.15, -0.1) is 0 Å². The van der Waals surface area contributed by atoms with Crippen LogP contribution < -0.4 is 0 Å². The monoisotopic (exact) mass is 178 g/mol. The first-order chi connectivity index (χ1) is 6.33. The fourth-order valence-corrected chi connectivity index (χ4v) is 1.93. The van der Waals surface area contributed by atoms with Crippen LogP contribution in [0.2, 0.25) is 0 Å². The molecule has 1 aromatic carbocycles. The van der Waals surface area contributed by atoms with Crippen LogP contribution in [-0.4, -0.2) is 24.9 Å². The first-order valence-corrected chi connectivity index (χ1v) is 4.57. The summed E-state index contributed by atoms with van der Waals surface area (Å²) in [4.78, 5) is 0. The molecule has 1 N–H and O–H groups in total. The van der Waals surface area contributed by atoms with E-state index in [1.54, 1.807) is 7.11 Å². The molecule has 2 unspecified atom stereocenters. The molecule has 0 saturated heterocycles. The summed E-state index contributed by atoms with van der Waals surface area (Å²) in [6.07, 6.45) is 0.639. The Morgan fingerprint density at radius 2 is 2.31 bits per heavy atom. The average Bonchev–Trinajstić information content (AvgIpc) is 2.07. The van der Waals surface area contributed by atoms with Crippen LogP contribution in [0.25, 0.3) is 0 Å². The van der Waals surface area contributed by atoms with Gasteiger partial charge in [-0.25, -0.2) is 0 Å². The average molecular weight is 178 g/mol. The van der Waals surface area contributed by atoms with E-state index in [9.17, 15) is 5.11 Å². The van der Waals surface area contributed by atoms with Crippen molar-refractivity contribution in [2.75, 3.05) is 13.7 Å². The van der Waals surface area contributed by atoms with E-state index in [2.05, 4.69) is 12.1 Å². The highest BCUT2D eigenvalue weighted by molar-refractivity contribution is 5.40. The molecule has 1 aliphatic carbocycles. The maximum atomic E-state index is 9.69. The predicted molar refractivity (Wildman–Crippen MR) is 50.8 cm³/mol. The summed E-state index contributed by atoms with van der Waals surface area (Å²) in [7, 11) is 1.62. The summed E-state index contributed by atoms with van der Waals surface area (Å²) >= 11 is 0. The van der Waals surface area contributed by atoms with Crippen molar-refractivity contribution in [3.63, 3.8) is 0 Å². The van der Waals surface area contributed by atoms with E-state index >= 15 is 0 Å². The maximum absolute atomic E-state index is 9.69. The Bertz CT molecular complexity index is 296. The highest BCUT2D eigenvalue weighted by Crippen LogP contribution is 2.37. The third kappa shape index (κ3) is 1.47.